The average Bonchev–Trinajstić information content (AvgIpc) is 2.54. The van der Waals surface area contributed by atoms with Crippen molar-refractivity contribution in [2.75, 3.05) is 45.8 Å². The van der Waals surface area contributed by atoms with E-state index in [9.17, 15) is 9.59 Å². The van der Waals surface area contributed by atoms with Gasteiger partial charge >= 0.3 is 0 Å². The highest BCUT2D eigenvalue weighted by Crippen LogP contribution is 2.11. The lowest BCUT2D eigenvalue weighted by atomic mass is 10.0. The van der Waals surface area contributed by atoms with Gasteiger partial charge in [0.05, 0.1) is 12.6 Å². The van der Waals surface area contributed by atoms with Gasteiger partial charge in [-0.25, -0.2) is 0 Å². The number of amides is 2. The second kappa shape index (κ2) is 8.14. The summed E-state index contributed by atoms with van der Waals surface area (Å²) in [5.74, 6) is 0.245. The quantitative estimate of drug-likeness (QED) is 0.676. The predicted octanol–water partition coefficient (Wildman–Crippen LogP) is -0.425. The van der Waals surface area contributed by atoms with Crippen molar-refractivity contribution in [3.05, 3.63) is 12.7 Å². The Labute approximate surface area is 126 Å². The lowest BCUT2D eigenvalue weighted by Crippen LogP contribution is -2.56. The maximum Gasteiger partial charge on any atom is 0.239 e. The number of hydrogen-bond donors (Lipinski definition) is 2. The Balaban J connectivity index is 1.71. The summed E-state index contributed by atoms with van der Waals surface area (Å²) in [7, 11) is 0. The molecule has 0 radical (unpaired) electrons. The van der Waals surface area contributed by atoms with Gasteiger partial charge in [0.2, 0.25) is 11.8 Å². The Morgan fingerprint density at radius 3 is 2.62 bits per heavy atom. The molecule has 6 nitrogen and oxygen atoms in total. The van der Waals surface area contributed by atoms with Gasteiger partial charge in [0.25, 0.3) is 0 Å². The fraction of sp³-hybridized carbons (Fsp3) is 0.733. The van der Waals surface area contributed by atoms with Crippen LogP contribution in [0.15, 0.2) is 12.7 Å². The number of carbonyl (C=O) groups excluding carboxylic acids is 2. The minimum absolute atomic E-state index is 0.00110. The van der Waals surface area contributed by atoms with Crippen LogP contribution < -0.4 is 10.6 Å². The largest absolute Gasteiger partial charge is 0.352 e. The molecule has 2 saturated heterocycles. The number of piperazine rings is 1. The van der Waals surface area contributed by atoms with E-state index >= 15 is 0 Å². The van der Waals surface area contributed by atoms with Gasteiger partial charge < -0.3 is 15.5 Å². The molecule has 2 heterocycles. The molecule has 0 bridgehead atoms. The molecule has 118 valence electrons. The summed E-state index contributed by atoms with van der Waals surface area (Å²) in [5, 5.41) is 6.08. The highest BCUT2D eigenvalue weighted by atomic mass is 16.2. The van der Waals surface area contributed by atoms with Crippen molar-refractivity contribution in [1.82, 2.24) is 20.4 Å². The molecular weight excluding hydrogens is 268 g/mol. The van der Waals surface area contributed by atoms with Crippen LogP contribution in [0.25, 0.3) is 0 Å². The summed E-state index contributed by atoms with van der Waals surface area (Å²) in [5.41, 5.74) is 0. The maximum absolute atomic E-state index is 12.4. The Bertz CT molecular complexity index is 372. The van der Waals surface area contributed by atoms with Crippen LogP contribution in [0.4, 0.5) is 0 Å². The summed E-state index contributed by atoms with van der Waals surface area (Å²) in [6, 6.07) is 0.00110. The Morgan fingerprint density at radius 2 is 2.00 bits per heavy atom. The zero-order chi connectivity index (χ0) is 15.1. The molecule has 21 heavy (non-hydrogen) atoms. The van der Waals surface area contributed by atoms with E-state index in [0.717, 1.165) is 38.9 Å². The molecule has 0 unspecified atom stereocenters. The zero-order valence-electron chi connectivity index (χ0n) is 12.6. The molecule has 0 aromatic heterocycles. The monoisotopic (exact) mass is 294 g/mol. The number of nitrogens with one attached hydrogen (secondary N) is 2. The highest BCUT2D eigenvalue weighted by molar-refractivity contribution is 5.82. The fourth-order valence-electron chi connectivity index (χ4n) is 2.85. The molecule has 2 N–H and O–H groups in total. The van der Waals surface area contributed by atoms with Crippen molar-refractivity contribution in [3.63, 3.8) is 0 Å². The Kier molecular flexibility index (Phi) is 6.20. The van der Waals surface area contributed by atoms with Gasteiger partial charge in [0, 0.05) is 32.7 Å². The lowest BCUT2D eigenvalue weighted by Gasteiger charge is -2.37. The Hall–Kier alpha value is -1.40. The highest BCUT2D eigenvalue weighted by Gasteiger charge is 2.28. The van der Waals surface area contributed by atoms with Crippen molar-refractivity contribution in [2.45, 2.75) is 25.3 Å². The number of hydrogen-bond acceptors (Lipinski definition) is 4. The Morgan fingerprint density at radius 1 is 1.24 bits per heavy atom. The van der Waals surface area contributed by atoms with Gasteiger partial charge in [-0.1, -0.05) is 12.5 Å². The number of nitrogens with zero attached hydrogens (tertiary/aromatic N) is 2. The minimum atomic E-state index is 0.00110. The topological polar surface area (TPSA) is 64.7 Å². The van der Waals surface area contributed by atoms with Gasteiger partial charge in [0.1, 0.15) is 0 Å². The van der Waals surface area contributed by atoms with E-state index in [0.29, 0.717) is 26.2 Å². The first-order valence-corrected chi connectivity index (χ1v) is 7.83. The molecule has 0 aromatic carbocycles. The van der Waals surface area contributed by atoms with Gasteiger partial charge in [-0.2, -0.15) is 0 Å². The van der Waals surface area contributed by atoms with Gasteiger partial charge in [-0.3, -0.25) is 14.5 Å². The maximum atomic E-state index is 12.4. The first kappa shape index (κ1) is 16.0. The fourth-order valence-corrected chi connectivity index (χ4v) is 2.85. The number of rotatable bonds is 5. The molecule has 2 amide bonds. The normalized spacial score (nSPS) is 23.6. The van der Waals surface area contributed by atoms with Crippen LogP contribution in [-0.4, -0.2) is 73.5 Å². The second-order valence-corrected chi connectivity index (χ2v) is 5.70. The van der Waals surface area contributed by atoms with Gasteiger partial charge in [0.15, 0.2) is 0 Å². The molecule has 2 rings (SSSR count). The van der Waals surface area contributed by atoms with Crippen LogP contribution in [0, 0.1) is 0 Å². The molecule has 6 heteroatoms. The van der Waals surface area contributed by atoms with E-state index < -0.39 is 0 Å². The summed E-state index contributed by atoms with van der Waals surface area (Å²) < 4.78 is 0. The molecule has 0 saturated carbocycles. The summed E-state index contributed by atoms with van der Waals surface area (Å²) in [6.07, 6.45) is 4.92. The van der Waals surface area contributed by atoms with Crippen LogP contribution in [0.1, 0.15) is 19.3 Å². The van der Waals surface area contributed by atoms with Crippen molar-refractivity contribution in [1.29, 1.82) is 0 Å². The van der Waals surface area contributed by atoms with E-state index in [-0.39, 0.29) is 17.9 Å². The third-order valence-corrected chi connectivity index (χ3v) is 4.10. The number of piperidine rings is 1. The first-order chi connectivity index (χ1) is 10.2. The SMILES string of the molecule is C=CCNC(=O)CN1CCN(C(=O)[C@H]2CCCCN2)CC1. The smallest absolute Gasteiger partial charge is 0.239 e. The van der Waals surface area contributed by atoms with Crippen molar-refractivity contribution in [2.24, 2.45) is 0 Å². The molecule has 2 aliphatic heterocycles. The van der Waals surface area contributed by atoms with E-state index in [1.54, 1.807) is 6.08 Å². The molecule has 1 atom stereocenters. The van der Waals surface area contributed by atoms with Crippen LogP contribution in [0.5, 0.6) is 0 Å². The van der Waals surface area contributed by atoms with Crippen molar-refractivity contribution in [3.8, 4) is 0 Å². The van der Waals surface area contributed by atoms with Crippen LogP contribution in [0.2, 0.25) is 0 Å². The van der Waals surface area contributed by atoms with Crippen molar-refractivity contribution < 1.29 is 9.59 Å². The number of carbonyl (C=O) groups is 2. The van der Waals surface area contributed by atoms with Crippen LogP contribution in [0.3, 0.4) is 0 Å². The van der Waals surface area contributed by atoms with Gasteiger partial charge in [-0.05, 0) is 19.4 Å². The standard InChI is InChI=1S/C15H26N4O2/c1-2-6-17-14(20)12-18-8-10-19(11-9-18)15(21)13-5-3-4-7-16-13/h2,13,16H,1,3-12H2,(H,17,20)/t13-/m1/s1. The van der Waals surface area contributed by atoms with Crippen LogP contribution in [-0.2, 0) is 9.59 Å². The molecular formula is C15H26N4O2. The summed E-state index contributed by atoms with van der Waals surface area (Å²) in [6.45, 7) is 8.38. The lowest BCUT2D eigenvalue weighted by molar-refractivity contribution is -0.136. The van der Waals surface area contributed by atoms with E-state index in [2.05, 4.69) is 22.1 Å². The molecule has 2 fully saturated rings. The zero-order valence-corrected chi connectivity index (χ0v) is 12.6. The van der Waals surface area contributed by atoms with Crippen molar-refractivity contribution >= 4 is 11.8 Å². The first-order valence-electron chi connectivity index (χ1n) is 7.83. The van der Waals surface area contributed by atoms with E-state index in [1.807, 2.05) is 4.90 Å². The molecule has 0 spiro atoms. The second-order valence-electron chi connectivity index (χ2n) is 5.70. The third-order valence-electron chi connectivity index (χ3n) is 4.10. The summed E-state index contributed by atoms with van der Waals surface area (Å²) >= 11 is 0. The summed E-state index contributed by atoms with van der Waals surface area (Å²) in [4.78, 5) is 28.0. The third kappa shape index (κ3) is 4.82. The molecule has 0 aliphatic carbocycles. The predicted molar refractivity (Wildman–Crippen MR) is 81.9 cm³/mol. The van der Waals surface area contributed by atoms with E-state index in [1.165, 1.54) is 0 Å². The van der Waals surface area contributed by atoms with Gasteiger partial charge in [-0.15, -0.1) is 6.58 Å². The molecule has 2 aliphatic rings. The average molecular weight is 294 g/mol. The minimum Gasteiger partial charge on any atom is -0.352 e. The van der Waals surface area contributed by atoms with Crippen LogP contribution >= 0.6 is 0 Å². The molecule has 0 aromatic rings. The van der Waals surface area contributed by atoms with E-state index in [4.69, 9.17) is 0 Å².